The van der Waals surface area contributed by atoms with Gasteiger partial charge < -0.3 is 14.9 Å². The van der Waals surface area contributed by atoms with Crippen molar-refractivity contribution in [2.75, 3.05) is 0 Å². The van der Waals surface area contributed by atoms with E-state index in [1.807, 2.05) is 0 Å². The van der Waals surface area contributed by atoms with Crippen molar-refractivity contribution in [2.24, 2.45) is 10.8 Å². The van der Waals surface area contributed by atoms with E-state index in [-0.39, 0.29) is 50.5 Å². The van der Waals surface area contributed by atoms with Crippen LogP contribution in [0.1, 0.15) is 129 Å². The minimum atomic E-state index is 0. The number of fused-ring (bicyclic) bond motifs is 2. The van der Waals surface area contributed by atoms with Crippen molar-refractivity contribution in [3.8, 4) is 22.3 Å². The van der Waals surface area contributed by atoms with Crippen LogP contribution in [0.3, 0.4) is 0 Å². The number of rotatable bonds is 8. The standard InChI is InChI=1S/2C28H33.2CH3.2ClH.Si.Zr/c2*1-5-28(16-9-6-10-17-28)20-21-18-22-12-11-14-23(25(22)19-21)24-13-7-8-15-26(24)27(2,3)4;;;;;;/h2*6-9,11-15,18-19H,5,10,16-17,20H2,1-4H3;2*1H3;2*1H;;/q4*-1;;;;. The van der Waals surface area contributed by atoms with E-state index in [9.17, 15) is 0 Å². The molecule has 6 aromatic rings. The van der Waals surface area contributed by atoms with Crippen LogP contribution in [0.2, 0.25) is 0 Å². The zero-order valence-electron chi connectivity index (χ0n) is 39.6. The molecule has 2 aliphatic carbocycles. The van der Waals surface area contributed by atoms with Crippen molar-refractivity contribution in [1.29, 1.82) is 0 Å². The second-order valence-electron chi connectivity index (χ2n) is 19.4. The molecular formula is C58H74Cl2SiZr-4. The van der Waals surface area contributed by atoms with Crippen LogP contribution in [0.4, 0.5) is 0 Å². The summed E-state index contributed by atoms with van der Waals surface area (Å²) in [6.07, 6.45) is 22.0. The number of hydrogen-bond donors (Lipinski definition) is 0. The SMILES string of the molecule is CCC1(Cc2cc3c(-c4ccccc4C(C)(C)C)cccc3[cH-]2)CC=CCC1.CCC1(Cc2cc3c(-c4ccccc4C(C)(C)C)cccc3[cH-]2)CC=CCC1.Cl.Cl.[CH3-].[CH3-].[Si]=[Zr]. The Hall–Kier alpha value is -2.74. The quantitative estimate of drug-likeness (QED) is 0.0810. The molecule has 2 atom stereocenters. The fourth-order valence-electron chi connectivity index (χ4n) is 9.98. The van der Waals surface area contributed by atoms with Crippen molar-refractivity contribution >= 4 is 53.2 Å². The summed E-state index contributed by atoms with van der Waals surface area (Å²) < 4.78 is 0. The molecule has 0 bridgehead atoms. The van der Waals surface area contributed by atoms with Crippen molar-refractivity contribution in [3.05, 3.63) is 171 Å². The molecule has 0 saturated carbocycles. The van der Waals surface area contributed by atoms with E-state index in [1.54, 1.807) is 0 Å². The normalized spacial score (nSPS) is 18.1. The molecule has 0 fully saturated rings. The first kappa shape index (κ1) is 55.4. The summed E-state index contributed by atoms with van der Waals surface area (Å²) in [5, 5.41) is 5.58. The fraction of sp³-hybridized carbons (Fsp3) is 0.379. The Labute approximate surface area is 407 Å². The molecule has 0 aromatic heterocycles. The number of benzene rings is 4. The van der Waals surface area contributed by atoms with Gasteiger partial charge in [-0.3, -0.25) is 0 Å². The van der Waals surface area contributed by atoms with Crippen LogP contribution in [0.25, 0.3) is 43.8 Å². The van der Waals surface area contributed by atoms with Crippen LogP contribution < -0.4 is 0 Å². The zero-order chi connectivity index (χ0) is 41.6. The molecule has 62 heavy (non-hydrogen) atoms. The summed E-state index contributed by atoms with van der Waals surface area (Å²) in [4.78, 5) is 0. The molecule has 0 nitrogen and oxygen atoms in total. The molecular weight excluding hydrogens is 887 g/mol. The summed E-state index contributed by atoms with van der Waals surface area (Å²) in [5.41, 5.74) is 12.5. The molecule has 0 amide bonds. The Morgan fingerprint density at radius 1 is 0.516 bits per heavy atom. The van der Waals surface area contributed by atoms with Crippen molar-refractivity contribution < 1.29 is 23.3 Å². The molecule has 4 heteroatoms. The third kappa shape index (κ3) is 12.7. The van der Waals surface area contributed by atoms with Crippen LogP contribution in [-0.2, 0) is 47.0 Å². The molecule has 2 radical (unpaired) electrons. The Morgan fingerprint density at radius 3 is 1.19 bits per heavy atom. The average molecular weight is 961 g/mol. The fourth-order valence-corrected chi connectivity index (χ4v) is 9.98. The van der Waals surface area contributed by atoms with Crippen LogP contribution in [-0.4, -0.2) is 6.88 Å². The van der Waals surface area contributed by atoms with Crippen molar-refractivity contribution in [1.82, 2.24) is 0 Å². The predicted molar refractivity (Wildman–Crippen MR) is 279 cm³/mol. The summed E-state index contributed by atoms with van der Waals surface area (Å²) >= 11 is 1.36. The van der Waals surface area contributed by atoms with Gasteiger partial charge >= 0.3 is 30.2 Å². The summed E-state index contributed by atoms with van der Waals surface area (Å²) in [7, 11) is 0. The monoisotopic (exact) mass is 958 g/mol. The van der Waals surface area contributed by atoms with Crippen molar-refractivity contribution in [3.63, 3.8) is 0 Å². The third-order valence-corrected chi connectivity index (χ3v) is 13.4. The number of allylic oxidation sites excluding steroid dienone is 4. The first-order valence-corrected chi connectivity index (χ1v) is 26.1. The maximum absolute atomic E-state index is 3.06. The van der Waals surface area contributed by atoms with Gasteiger partial charge in [0.25, 0.3) is 0 Å². The van der Waals surface area contributed by atoms with Gasteiger partial charge in [-0.25, -0.2) is 0 Å². The van der Waals surface area contributed by atoms with Gasteiger partial charge in [-0.1, -0.05) is 151 Å². The zero-order valence-corrected chi connectivity index (χ0v) is 44.7. The van der Waals surface area contributed by atoms with Gasteiger partial charge in [0, 0.05) is 0 Å². The Bertz CT molecular complexity index is 2200. The van der Waals surface area contributed by atoms with Gasteiger partial charge in [0.2, 0.25) is 0 Å². The van der Waals surface area contributed by atoms with E-state index in [0.717, 1.165) is 0 Å². The van der Waals surface area contributed by atoms with Crippen LogP contribution >= 0.6 is 24.8 Å². The number of hydrogen-bond acceptors (Lipinski definition) is 0. The second-order valence-corrected chi connectivity index (χ2v) is 19.4. The van der Waals surface area contributed by atoms with E-state index in [2.05, 4.69) is 196 Å². The van der Waals surface area contributed by atoms with E-state index in [4.69, 9.17) is 0 Å². The summed E-state index contributed by atoms with van der Waals surface area (Å²) in [5.74, 6) is 0. The molecule has 6 aromatic carbocycles. The molecule has 0 heterocycles. The number of halogens is 2. The third-order valence-electron chi connectivity index (χ3n) is 13.4. The molecule has 2 unspecified atom stereocenters. The molecule has 8 rings (SSSR count). The summed E-state index contributed by atoms with van der Waals surface area (Å²) in [6.45, 7) is 21.7. The minimum absolute atomic E-state index is 0. The first-order chi connectivity index (χ1) is 27.8. The van der Waals surface area contributed by atoms with E-state index in [0.29, 0.717) is 10.8 Å². The average Bonchev–Trinajstić information content (AvgIpc) is 3.85. The molecule has 0 aliphatic heterocycles. The van der Waals surface area contributed by atoms with Gasteiger partial charge in [-0.2, -0.15) is 12.1 Å². The van der Waals surface area contributed by atoms with Crippen LogP contribution in [0.15, 0.2) is 133 Å². The van der Waals surface area contributed by atoms with Gasteiger partial charge in [0.1, 0.15) is 0 Å². The first-order valence-electron chi connectivity index (χ1n) is 22.0. The summed E-state index contributed by atoms with van der Waals surface area (Å²) in [6, 6.07) is 41.3. The maximum atomic E-state index is 3.06. The van der Waals surface area contributed by atoms with Crippen molar-refractivity contribution in [2.45, 2.75) is 130 Å². The van der Waals surface area contributed by atoms with Crippen LogP contribution in [0, 0.1) is 25.7 Å². The molecule has 2 aliphatic rings. The van der Waals surface area contributed by atoms with Crippen LogP contribution in [0.5, 0.6) is 0 Å². The predicted octanol–water partition coefficient (Wildman–Crippen LogP) is 17.8. The van der Waals surface area contributed by atoms with Gasteiger partial charge in [0.15, 0.2) is 0 Å². The van der Waals surface area contributed by atoms with Gasteiger partial charge in [-0.15, -0.1) is 93.9 Å². The van der Waals surface area contributed by atoms with Gasteiger partial charge in [0.05, 0.1) is 0 Å². The Morgan fingerprint density at radius 2 is 0.871 bits per heavy atom. The van der Waals surface area contributed by atoms with E-state index >= 15 is 0 Å². The Balaban J connectivity index is 0.000000386. The molecule has 0 N–H and O–H groups in total. The van der Waals surface area contributed by atoms with E-state index in [1.165, 1.54) is 154 Å². The van der Waals surface area contributed by atoms with Gasteiger partial charge in [-0.05, 0) is 108 Å². The second kappa shape index (κ2) is 24.0. The Kier molecular flexibility index (Phi) is 21.4. The van der Waals surface area contributed by atoms with E-state index < -0.39 is 0 Å². The molecule has 0 spiro atoms. The molecule has 332 valence electrons. The topological polar surface area (TPSA) is 0 Å². The molecule has 0 saturated heterocycles.